The van der Waals surface area contributed by atoms with Crippen molar-refractivity contribution in [2.45, 2.75) is 26.3 Å². The minimum Gasteiger partial charge on any atom is -0.352 e. The molecule has 1 rings (SSSR count). The number of nitrogens with two attached hydrogens (primary N) is 1. The summed E-state index contributed by atoms with van der Waals surface area (Å²) in [6.45, 7) is 4.78. The highest BCUT2D eigenvalue weighted by Gasteiger charge is 2.22. The maximum atomic E-state index is 10.9. The van der Waals surface area contributed by atoms with Crippen LogP contribution in [0.2, 0.25) is 0 Å². The predicted molar refractivity (Wildman–Crippen MR) is 70.6 cm³/mol. The summed E-state index contributed by atoms with van der Waals surface area (Å²) in [6.07, 6.45) is 2.19. The van der Waals surface area contributed by atoms with E-state index >= 15 is 0 Å². The average molecular weight is 255 g/mol. The number of nitro groups is 1. The Hall–Kier alpha value is -1.63. The van der Waals surface area contributed by atoms with E-state index < -0.39 is 4.92 Å². The molecule has 1 heterocycles. The number of hydrogen-bond donors (Lipinski definition) is 1. The number of hydrogen-bond acceptors (Lipinski definition) is 5. The molecule has 7 nitrogen and oxygen atoms in total. The van der Waals surface area contributed by atoms with E-state index in [0.717, 1.165) is 6.42 Å². The summed E-state index contributed by atoms with van der Waals surface area (Å²) in [7, 11) is 3.46. The molecule has 0 bridgehead atoms. The summed E-state index contributed by atoms with van der Waals surface area (Å²) in [5.41, 5.74) is 5.99. The van der Waals surface area contributed by atoms with Crippen molar-refractivity contribution in [3.63, 3.8) is 0 Å². The first kappa shape index (κ1) is 14.4. The van der Waals surface area contributed by atoms with Crippen molar-refractivity contribution in [2.24, 2.45) is 18.7 Å². The summed E-state index contributed by atoms with van der Waals surface area (Å²) in [5, 5.41) is 15.0. The lowest BCUT2D eigenvalue weighted by molar-refractivity contribution is -0.384. The van der Waals surface area contributed by atoms with E-state index in [0.29, 0.717) is 18.3 Å². The lowest BCUT2D eigenvalue weighted by Crippen LogP contribution is -2.32. The van der Waals surface area contributed by atoms with Crippen LogP contribution in [-0.2, 0) is 7.05 Å². The van der Waals surface area contributed by atoms with Crippen LogP contribution in [0.4, 0.5) is 11.5 Å². The van der Waals surface area contributed by atoms with Crippen LogP contribution < -0.4 is 10.6 Å². The van der Waals surface area contributed by atoms with Crippen molar-refractivity contribution in [3.05, 3.63) is 16.3 Å². The molecule has 1 aromatic heterocycles. The van der Waals surface area contributed by atoms with E-state index in [9.17, 15) is 10.1 Å². The van der Waals surface area contributed by atoms with Crippen LogP contribution >= 0.6 is 0 Å². The average Bonchev–Trinajstić information content (AvgIpc) is 2.67. The molecule has 0 aliphatic heterocycles. The molecule has 1 unspecified atom stereocenters. The Morgan fingerprint density at radius 3 is 2.72 bits per heavy atom. The number of nitrogens with zero attached hydrogens (tertiary/aromatic N) is 4. The molecule has 7 heteroatoms. The lowest BCUT2D eigenvalue weighted by Gasteiger charge is -2.20. The van der Waals surface area contributed by atoms with E-state index in [1.54, 1.807) is 19.0 Å². The van der Waals surface area contributed by atoms with Crippen LogP contribution in [0.1, 0.15) is 20.3 Å². The van der Waals surface area contributed by atoms with Gasteiger partial charge in [-0.3, -0.25) is 14.8 Å². The van der Waals surface area contributed by atoms with E-state index in [-0.39, 0.29) is 11.7 Å². The summed E-state index contributed by atoms with van der Waals surface area (Å²) < 4.78 is 1.45. The third-order valence-electron chi connectivity index (χ3n) is 3.00. The molecule has 0 aliphatic rings. The molecule has 18 heavy (non-hydrogen) atoms. The van der Waals surface area contributed by atoms with Gasteiger partial charge in [-0.2, -0.15) is 0 Å². The Morgan fingerprint density at radius 1 is 1.61 bits per heavy atom. The first-order chi connectivity index (χ1) is 8.32. The maximum absolute atomic E-state index is 10.9. The van der Waals surface area contributed by atoms with Gasteiger partial charge >= 0.3 is 5.69 Å². The zero-order chi connectivity index (χ0) is 13.9. The standard InChI is InChI=1S/C11H21N5O2/c1-8(2)9(12)5-6-14(3)11-10(16(17)18)7-15(4)13-11/h7-9H,5-6,12H2,1-4H3. The van der Waals surface area contributed by atoms with Gasteiger partial charge in [0.2, 0.25) is 5.82 Å². The van der Waals surface area contributed by atoms with Gasteiger partial charge in [-0.1, -0.05) is 13.8 Å². The molecule has 0 amide bonds. The van der Waals surface area contributed by atoms with Crippen LogP contribution in [-0.4, -0.2) is 34.3 Å². The molecule has 2 N–H and O–H groups in total. The summed E-state index contributed by atoms with van der Waals surface area (Å²) in [6, 6.07) is 0.0928. The fraction of sp³-hybridized carbons (Fsp3) is 0.727. The van der Waals surface area contributed by atoms with Gasteiger partial charge in [-0.15, -0.1) is 5.10 Å². The molecule has 0 fully saturated rings. The molecule has 1 atom stereocenters. The second-order valence-electron chi connectivity index (χ2n) is 4.89. The first-order valence-corrected chi connectivity index (χ1v) is 5.97. The van der Waals surface area contributed by atoms with Crippen molar-refractivity contribution in [2.75, 3.05) is 18.5 Å². The Kier molecular flexibility index (Phi) is 4.66. The highest BCUT2D eigenvalue weighted by atomic mass is 16.6. The van der Waals surface area contributed by atoms with Gasteiger partial charge in [-0.25, -0.2) is 0 Å². The van der Waals surface area contributed by atoms with Gasteiger partial charge < -0.3 is 10.6 Å². The molecule has 1 aromatic rings. The third kappa shape index (κ3) is 3.43. The van der Waals surface area contributed by atoms with Gasteiger partial charge in [0.15, 0.2) is 0 Å². The Bertz CT molecular complexity index is 416. The van der Waals surface area contributed by atoms with Crippen molar-refractivity contribution in [1.82, 2.24) is 9.78 Å². The van der Waals surface area contributed by atoms with Crippen LogP contribution in [0.5, 0.6) is 0 Å². The SMILES string of the molecule is CC(C)C(N)CCN(C)c1nn(C)cc1[N+](=O)[O-]. The smallest absolute Gasteiger partial charge is 0.330 e. The van der Waals surface area contributed by atoms with Crippen molar-refractivity contribution in [1.29, 1.82) is 0 Å². The normalized spacial score (nSPS) is 12.8. The molecule has 0 aliphatic carbocycles. The highest BCUT2D eigenvalue weighted by Crippen LogP contribution is 2.25. The van der Waals surface area contributed by atoms with Crippen LogP contribution in [0.3, 0.4) is 0 Å². The molecule has 0 radical (unpaired) electrons. The zero-order valence-electron chi connectivity index (χ0n) is 11.3. The Morgan fingerprint density at radius 2 is 2.22 bits per heavy atom. The summed E-state index contributed by atoms with van der Waals surface area (Å²) in [4.78, 5) is 12.2. The van der Waals surface area contributed by atoms with Gasteiger partial charge in [-0.05, 0) is 12.3 Å². The van der Waals surface area contributed by atoms with Gasteiger partial charge in [0.1, 0.15) is 6.20 Å². The number of aryl methyl sites for hydroxylation is 1. The molecule has 0 saturated carbocycles. The van der Waals surface area contributed by atoms with E-state index in [1.165, 1.54) is 10.9 Å². The second-order valence-corrected chi connectivity index (χ2v) is 4.89. The Balaban J connectivity index is 2.72. The molecule has 0 aromatic carbocycles. The number of rotatable bonds is 6. The van der Waals surface area contributed by atoms with Crippen molar-refractivity contribution < 1.29 is 4.92 Å². The number of aromatic nitrogens is 2. The van der Waals surface area contributed by atoms with Crippen LogP contribution in [0.25, 0.3) is 0 Å². The van der Waals surface area contributed by atoms with Crippen LogP contribution in [0, 0.1) is 16.0 Å². The molecular formula is C11H21N5O2. The fourth-order valence-corrected chi connectivity index (χ4v) is 1.65. The van der Waals surface area contributed by atoms with Crippen LogP contribution in [0.15, 0.2) is 6.20 Å². The lowest BCUT2D eigenvalue weighted by atomic mass is 10.0. The first-order valence-electron chi connectivity index (χ1n) is 5.97. The largest absolute Gasteiger partial charge is 0.352 e. The second kappa shape index (κ2) is 5.81. The topological polar surface area (TPSA) is 90.2 Å². The van der Waals surface area contributed by atoms with E-state index in [1.807, 2.05) is 0 Å². The van der Waals surface area contributed by atoms with Gasteiger partial charge in [0.25, 0.3) is 0 Å². The summed E-state index contributed by atoms with van der Waals surface area (Å²) in [5.74, 6) is 0.788. The Labute approximate surface area is 107 Å². The minimum absolute atomic E-state index is 0.0260. The molecule has 0 spiro atoms. The number of anilines is 1. The third-order valence-corrected chi connectivity index (χ3v) is 3.00. The highest BCUT2D eigenvalue weighted by molar-refractivity contribution is 5.56. The van der Waals surface area contributed by atoms with Crippen molar-refractivity contribution in [3.8, 4) is 0 Å². The summed E-state index contributed by atoms with van der Waals surface area (Å²) >= 11 is 0. The van der Waals surface area contributed by atoms with Crippen molar-refractivity contribution >= 4 is 11.5 Å². The molecule has 102 valence electrons. The van der Waals surface area contributed by atoms with Gasteiger partial charge in [0.05, 0.1) is 4.92 Å². The molecular weight excluding hydrogens is 234 g/mol. The minimum atomic E-state index is -0.415. The van der Waals surface area contributed by atoms with Gasteiger partial charge in [0, 0.05) is 26.7 Å². The zero-order valence-corrected chi connectivity index (χ0v) is 11.3. The maximum Gasteiger partial charge on any atom is 0.330 e. The monoisotopic (exact) mass is 255 g/mol. The van der Waals surface area contributed by atoms with E-state index in [4.69, 9.17) is 5.73 Å². The molecule has 0 saturated heterocycles. The quantitative estimate of drug-likeness (QED) is 0.608. The predicted octanol–water partition coefficient (Wildman–Crippen LogP) is 1.14. The fourth-order valence-electron chi connectivity index (χ4n) is 1.65. The van der Waals surface area contributed by atoms with E-state index in [2.05, 4.69) is 18.9 Å².